The number of benzene rings is 1. The second-order valence-electron chi connectivity index (χ2n) is 3.65. The Kier molecular flexibility index (Phi) is 2.33. The summed E-state index contributed by atoms with van der Waals surface area (Å²) in [5.41, 5.74) is 2.04. The molecule has 2 heterocycles. The monoisotopic (exact) mass is 289 g/mol. The first-order valence-electron chi connectivity index (χ1n) is 5.04. The molecule has 0 saturated carbocycles. The highest BCUT2D eigenvalue weighted by atomic mass is 79.9. The van der Waals surface area contributed by atoms with Crippen LogP contribution < -0.4 is 0 Å². The Hall–Kier alpha value is -1.88. The van der Waals surface area contributed by atoms with Crippen LogP contribution in [0.3, 0.4) is 0 Å². The summed E-state index contributed by atoms with van der Waals surface area (Å²) < 4.78 is 0.930. The highest BCUT2D eigenvalue weighted by Crippen LogP contribution is 2.30. The Morgan fingerprint density at radius 2 is 2.00 bits per heavy atom. The molecular weight excluding hydrogens is 282 g/mol. The lowest BCUT2D eigenvalue weighted by Gasteiger charge is -2.02. The van der Waals surface area contributed by atoms with Gasteiger partial charge >= 0.3 is 0 Å². The minimum Gasteiger partial charge on any atom is -0.507 e. The van der Waals surface area contributed by atoms with Crippen LogP contribution in [-0.4, -0.2) is 20.3 Å². The largest absolute Gasteiger partial charge is 0.507 e. The van der Waals surface area contributed by atoms with Gasteiger partial charge in [0, 0.05) is 21.6 Å². The van der Waals surface area contributed by atoms with E-state index in [0.29, 0.717) is 11.3 Å². The molecule has 3 aromatic rings. The lowest BCUT2D eigenvalue weighted by atomic mass is 10.1. The van der Waals surface area contributed by atoms with E-state index in [1.54, 1.807) is 12.1 Å². The Morgan fingerprint density at radius 3 is 2.82 bits per heavy atom. The summed E-state index contributed by atoms with van der Waals surface area (Å²) in [5.74, 6) is 0.202. The van der Waals surface area contributed by atoms with Gasteiger partial charge in [0.15, 0.2) is 5.65 Å². The van der Waals surface area contributed by atoms with Crippen molar-refractivity contribution in [3.63, 3.8) is 0 Å². The molecule has 0 atom stereocenters. The molecule has 0 saturated heterocycles. The summed E-state index contributed by atoms with van der Waals surface area (Å²) >= 11 is 3.43. The Balaban J connectivity index is 2.24. The molecule has 0 aliphatic carbocycles. The zero-order valence-corrected chi connectivity index (χ0v) is 10.3. The van der Waals surface area contributed by atoms with Gasteiger partial charge in [-0.15, -0.1) is 10.2 Å². The first kappa shape index (κ1) is 10.3. The van der Waals surface area contributed by atoms with Gasteiger partial charge in [-0.05, 0) is 34.1 Å². The van der Waals surface area contributed by atoms with Crippen LogP contribution in [0.1, 0.15) is 0 Å². The number of rotatable bonds is 1. The van der Waals surface area contributed by atoms with Gasteiger partial charge in [0.2, 0.25) is 0 Å². The van der Waals surface area contributed by atoms with E-state index in [1.165, 1.54) is 0 Å². The number of nitrogens with one attached hydrogen (secondary N) is 1. The maximum absolute atomic E-state index is 9.77. The van der Waals surface area contributed by atoms with E-state index in [0.717, 1.165) is 15.5 Å². The molecule has 84 valence electrons. The fraction of sp³-hybridized carbons (Fsp3) is 0. The molecular formula is C12H8BrN3O. The van der Waals surface area contributed by atoms with Crippen LogP contribution >= 0.6 is 15.9 Å². The third kappa shape index (κ3) is 1.68. The number of hydrogen-bond donors (Lipinski definition) is 2. The molecule has 2 N–H and O–H groups in total. The zero-order chi connectivity index (χ0) is 11.8. The molecule has 0 radical (unpaired) electrons. The van der Waals surface area contributed by atoms with Gasteiger partial charge in [0.1, 0.15) is 5.75 Å². The van der Waals surface area contributed by atoms with Crippen LogP contribution in [0.2, 0.25) is 0 Å². The van der Waals surface area contributed by atoms with Gasteiger partial charge in [-0.3, -0.25) is 0 Å². The minimum atomic E-state index is 0.202. The lowest BCUT2D eigenvalue weighted by molar-refractivity contribution is 0.477. The average Bonchev–Trinajstić information content (AvgIpc) is 2.71. The number of halogens is 1. The van der Waals surface area contributed by atoms with Crippen molar-refractivity contribution in [1.82, 2.24) is 15.2 Å². The molecule has 0 aliphatic rings. The summed E-state index contributed by atoms with van der Waals surface area (Å²) in [6, 6.07) is 8.96. The number of phenolic OH excluding ortho intramolecular Hbond substituents is 1. The maximum atomic E-state index is 9.77. The second-order valence-corrected chi connectivity index (χ2v) is 4.50. The quantitative estimate of drug-likeness (QED) is 0.724. The highest BCUT2D eigenvalue weighted by Gasteiger charge is 2.09. The summed E-state index contributed by atoms with van der Waals surface area (Å²) in [6.07, 6.45) is 1.81. The number of fused-ring (bicyclic) bond motifs is 1. The van der Waals surface area contributed by atoms with E-state index in [9.17, 15) is 5.11 Å². The molecule has 2 aromatic heterocycles. The van der Waals surface area contributed by atoms with Gasteiger partial charge in [-0.1, -0.05) is 12.1 Å². The summed E-state index contributed by atoms with van der Waals surface area (Å²) in [4.78, 5) is 3.00. The smallest absolute Gasteiger partial charge is 0.161 e. The first-order chi connectivity index (χ1) is 8.25. The van der Waals surface area contributed by atoms with Crippen molar-refractivity contribution in [2.24, 2.45) is 0 Å². The molecule has 0 fully saturated rings. The molecule has 4 nitrogen and oxygen atoms in total. The van der Waals surface area contributed by atoms with Crippen LogP contribution in [0.5, 0.6) is 5.75 Å². The molecule has 0 aliphatic heterocycles. The van der Waals surface area contributed by atoms with Crippen LogP contribution in [0.15, 0.2) is 41.0 Å². The molecule has 5 heteroatoms. The first-order valence-corrected chi connectivity index (χ1v) is 5.83. The predicted molar refractivity (Wildman–Crippen MR) is 68.7 cm³/mol. The Morgan fingerprint density at radius 1 is 1.18 bits per heavy atom. The molecule has 0 unspecified atom stereocenters. The molecule has 0 spiro atoms. The van der Waals surface area contributed by atoms with Crippen LogP contribution in [0.4, 0.5) is 0 Å². The van der Waals surface area contributed by atoms with E-state index in [1.807, 2.05) is 24.4 Å². The van der Waals surface area contributed by atoms with Crippen molar-refractivity contribution in [2.45, 2.75) is 0 Å². The van der Waals surface area contributed by atoms with E-state index >= 15 is 0 Å². The van der Waals surface area contributed by atoms with Crippen molar-refractivity contribution in [2.75, 3.05) is 0 Å². The fourth-order valence-corrected chi connectivity index (χ4v) is 2.13. The van der Waals surface area contributed by atoms with Crippen molar-refractivity contribution >= 4 is 27.0 Å². The Labute approximate surface area is 105 Å². The lowest BCUT2D eigenvalue weighted by Crippen LogP contribution is -1.88. The Bertz CT molecular complexity index is 693. The highest BCUT2D eigenvalue weighted by molar-refractivity contribution is 9.10. The number of hydrogen-bond acceptors (Lipinski definition) is 3. The number of phenols is 1. The summed E-state index contributed by atoms with van der Waals surface area (Å²) in [7, 11) is 0. The van der Waals surface area contributed by atoms with Crippen molar-refractivity contribution in [3.8, 4) is 17.0 Å². The molecule has 17 heavy (non-hydrogen) atoms. The third-order valence-corrected chi connectivity index (χ3v) is 3.22. The molecule has 0 bridgehead atoms. The number of H-pyrrole nitrogens is 1. The third-order valence-electron chi connectivity index (χ3n) is 2.57. The predicted octanol–water partition coefficient (Wildman–Crippen LogP) is 3.09. The number of aromatic hydroxyl groups is 1. The van der Waals surface area contributed by atoms with E-state index < -0.39 is 0 Å². The zero-order valence-electron chi connectivity index (χ0n) is 8.68. The van der Waals surface area contributed by atoms with E-state index in [-0.39, 0.29) is 5.75 Å². The van der Waals surface area contributed by atoms with E-state index in [4.69, 9.17) is 0 Å². The van der Waals surface area contributed by atoms with Gasteiger partial charge in [0.25, 0.3) is 0 Å². The summed E-state index contributed by atoms with van der Waals surface area (Å²) in [5, 5.41) is 18.9. The fourth-order valence-electron chi connectivity index (χ4n) is 1.71. The topological polar surface area (TPSA) is 61.8 Å². The van der Waals surface area contributed by atoms with Gasteiger partial charge < -0.3 is 10.1 Å². The SMILES string of the molecule is Oc1ccccc1-c1cc2c(Br)c[nH]c2nn1. The summed E-state index contributed by atoms with van der Waals surface area (Å²) in [6.45, 7) is 0. The van der Waals surface area contributed by atoms with Crippen LogP contribution in [-0.2, 0) is 0 Å². The molecule has 1 aromatic carbocycles. The number of nitrogens with zero attached hydrogens (tertiary/aromatic N) is 2. The van der Waals surface area contributed by atoms with Crippen LogP contribution in [0, 0.1) is 0 Å². The van der Waals surface area contributed by atoms with Crippen molar-refractivity contribution in [3.05, 3.63) is 41.0 Å². The molecule has 0 amide bonds. The average molecular weight is 290 g/mol. The van der Waals surface area contributed by atoms with Crippen molar-refractivity contribution < 1.29 is 5.11 Å². The normalized spacial score (nSPS) is 10.9. The number of para-hydroxylation sites is 1. The second kappa shape index (κ2) is 3.85. The van der Waals surface area contributed by atoms with Gasteiger partial charge in [0.05, 0.1) is 5.69 Å². The standard InChI is InChI=1S/C12H8BrN3O/c13-9-6-14-12-8(9)5-10(15-16-12)7-3-1-2-4-11(7)17/h1-6,17H,(H,14,16). The van der Waals surface area contributed by atoms with E-state index in [2.05, 4.69) is 31.1 Å². The minimum absolute atomic E-state index is 0.202. The van der Waals surface area contributed by atoms with Crippen LogP contribution in [0.25, 0.3) is 22.3 Å². The maximum Gasteiger partial charge on any atom is 0.161 e. The number of aromatic amines is 1. The van der Waals surface area contributed by atoms with Gasteiger partial charge in [-0.25, -0.2) is 0 Å². The number of aromatic nitrogens is 3. The van der Waals surface area contributed by atoms with Crippen molar-refractivity contribution in [1.29, 1.82) is 0 Å². The van der Waals surface area contributed by atoms with Gasteiger partial charge in [-0.2, -0.15) is 0 Å². The molecule has 3 rings (SSSR count).